The van der Waals surface area contributed by atoms with Crippen LogP contribution >= 0.6 is 0 Å². The minimum atomic E-state index is -1.51. The van der Waals surface area contributed by atoms with E-state index in [1.807, 2.05) is 6.92 Å². The van der Waals surface area contributed by atoms with Crippen LogP contribution in [0.4, 0.5) is 10.1 Å². The Hall–Kier alpha value is -3.20. The van der Waals surface area contributed by atoms with Crippen LogP contribution < -0.4 is 10.1 Å². The van der Waals surface area contributed by atoms with Crippen molar-refractivity contribution in [3.8, 4) is 11.8 Å². The van der Waals surface area contributed by atoms with Crippen LogP contribution in [0, 0.1) is 23.1 Å². The topological polar surface area (TPSA) is 79.2 Å². The largest absolute Gasteiger partial charge is 0.494 e. The predicted octanol–water partition coefficient (Wildman–Crippen LogP) is 3.58. The minimum Gasteiger partial charge on any atom is -0.494 e. The van der Waals surface area contributed by atoms with Crippen LogP contribution in [0.25, 0.3) is 0 Å². The number of nitrogens with one attached hydrogen (secondary N) is 1. The number of nitriles is 1. The monoisotopic (exact) mass is 340 g/mol. The third kappa shape index (κ3) is 4.88. The van der Waals surface area contributed by atoms with Crippen molar-refractivity contribution in [3.63, 3.8) is 0 Å². The number of hydrogen-bond donors (Lipinski definition) is 1. The normalized spacial score (nSPS) is 11.2. The summed E-state index contributed by atoms with van der Waals surface area (Å²) in [4.78, 5) is 24.7. The maximum absolute atomic E-state index is 12.9. The van der Waals surface area contributed by atoms with Crippen molar-refractivity contribution in [1.29, 1.82) is 5.26 Å². The number of rotatable bonds is 7. The number of carbonyl (C=O) groups is 2. The standard InChI is InChI=1S/C19H17FN2O3/c1-2-10-25-16-5-3-4-13(11-16)18(23)17(12-21)19(24)22-15-8-6-14(20)7-9-15/h3-9,11,17H,2,10H2,1H3,(H,22,24). The Morgan fingerprint density at radius 2 is 1.96 bits per heavy atom. The zero-order valence-electron chi connectivity index (χ0n) is 13.7. The fraction of sp³-hybridized carbons (Fsp3) is 0.211. The lowest BCUT2D eigenvalue weighted by Gasteiger charge is -2.11. The predicted molar refractivity (Wildman–Crippen MR) is 90.7 cm³/mol. The first-order chi connectivity index (χ1) is 12.0. The molecule has 5 nitrogen and oxygen atoms in total. The van der Waals surface area contributed by atoms with Crippen molar-refractivity contribution in [1.82, 2.24) is 0 Å². The third-order valence-corrected chi connectivity index (χ3v) is 3.36. The molecule has 0 radical (unpaired) electrons. The quantitative estimate of drug-likeness (QED) is 0.617. The second kappa shape index (κ2) is 8.60. The van der Waals surface area contributed by atoms with Gasteiger partial charge < -0.3 is 10.1 Å². The summed E-state index contributed by atoms with van der Waals surface area (Å²) >= 11 is 0. The van der Waals surface area contributed by atoms with Crippen molar-refractivity contribution in [3.05, 3.63) is 59.9 Å². The fourth-order valence-corrected chi connectivity index (χ4v) is 2.11. The molecule has 1 atom stereocenters. The minimum absolute atomic E-state index is 0.217. The van der Waals surface area contributed by atoms with Gasteiger partial charge >= 0.3 is 0 Å². The molecule has 0 aliphatic carbocycles. The summed E-state index contributed by atoms with van der Waals surface area (Å²) in [5.41, 5.74) is 0.522. The Labute approximate surface area is 145 Å². The fourth-order valence-electron chi connectivity index (χ4n) is 2.11. The number of amides is 1. The summed E-state index contributed by atoms with van der Waals surface area (Å²) in [6, 6.07) is 13.1. The molecule has 25 heavy (non-hydrogen) atoms. The van der Waals surface area contributed by atoms with Crippen LogP contribution in [0.5, 0.6) is 5.75 Å². The summed E-state index contributed by atoms with van der Waals surface area (Å²) in [5.74, 6) is -2.84. The molecule has 1 amide bonds. The molecule has 0 aromatic heterocycles. The van der Waals surface area contributed by atoms with Crippen LogP contribution in [0.1, 0.15) is 23.7 Å². The van der Waals surface area contributed by atoms with Gasteiger partial charge in [-0.15, -0.1) is 0 Å². The molecule has 2 aromatic rings. The van der Waals surface area contributed by atoms with E-state index in [4.69, 9.17) is 4.74 Å². The molecule has 0 heterocycles. The number of ether oxygens (including phenoxy) is 1. The smallest absolute Gasteiger partial charge is 0.249 e. The van der Waals surface area contributed by atoms with Gasteiger partial charge in [0.15, 0.2) is 11.7 Å². The zero-order chi connectivity index (χ0) is 18.2. The van der Waals surface area contributed by atoms with E-state index in [1.54, 1.807) is 18.2 Å². The van der Waals surface area contributed by atoms with E-state index >= 15 is 0 Å². The molecule has 128 valence electrons. The van der Waals surface area contributed by atoms with Crippen molar-refractivity contribution < 1.29 is 18.7 Å². The first kappa shape index (κ1) is 18.1. The molecule has 1 unspecified atom stereocenters. The van der Waals surface area contributed by atoms with E-state index in [-0.39, 0.29) is 5.56 Å². The lowest BCUT2D eigenvalue weighted by molar-refractivity contribution is -0.117. The zero-order valence-corrected chi connectivity index (χ0v) is 13.7. The summed E-state index contributed by atoms with van der Waals surface area (Å²) in [6.07, 6.45) is 0.819. The number of hydrogen-bond acceptors (Lipinski definition) is 4. The molecule has 0 saturated heterocycles. The van der Waals surface area contributed by atoms with Gasteiger partial charge in [0.2, 0.25) is 5.91 Å². The Morgan fingerprint density at radius 1 is 1.24 bits per heavy atom. The van der Waals surface area contributed by atoms with E-state index < -0.39 is 23.4 Å². The summed E-state index contributed by atoms with van der Waals surface area (Å²) in [5, 5.41) is 11.7. The van der Waals surface area contributed by atoms with Gasteiger partial charge in [-0.25, -0.2) is 4.39 Å². The van der Waals surface area contributed by atoms with Gasteiger partial charge in [-0.3, -0.25) is 9.59 Å². The lowest BCUT2D eigenvalue weighted by Crippen LogP contribution is -2.28. The number of carbonyl (C=O) groups excluding carboxylic acids is 2. The average molecular weight is 340 g/mol. The number of Topliss-reactive ketones (excluding diaryl/α,β-unsaturated/α-hetero) is 1. The molecule has 0 spiro atoms. The van der Waals surface area contributed by atoms with Gasteiger partial charge in [-0.2, -0.15) is 5.26 Å². The molecule has 0 aliphatic heterocycles. The summed E-state index contributed by atoms with van der Waals surface area (Å²) < 4.78 is 18.3. The van der Waals surface area contributed by atoms with Gasteiger partial charge in [-0.05, 0) is 42.8 Å². The molecule has 1 N–H and O–H groups in total. The highest BCUT2D eigenvalue weighted by atomic mass is 19.1. The molecule has 0 bridgehead atoms. The van der Waals surface area contributed by atoms with Crippen molar-refractivity contribution in [2.75, 3.05) is 11.9 Å². The van der Waals surface area contributed by atoms with Crippen LogP contribution in [-0.2, 0) is 4.79 Å². The lowest BCUT2D eigenvalue weighted by atomic mass is 9.97. The van der Waals surface area contributed by atoms with Gasteiger partial charge in [0, 0.05) is 11.3 Å². The van der Waals surface area contributed by atoms with Crippen molar-refractivity contribution in [2.45, 2.75) is 13.3 Å². The SMILES string of the molecule is CCCOc1cccc(C(=O)C(C#N)C(=O)Nc2ccc(F)cc2)c1. The van der Waals surface area contributed by atoms with Crippen LogP contribution in [0.2, 0.25) is 0 Å². The molecule has 0 saturated carbocycles. The molecule has 2 rings (SSSR count). The van der Waals surface area contributed by atoms with Gasteiger partial charge in [0.05, 0.1) is 12.7 Å². The molecule has 0 fully saturated rings. The Bertz CT molecular complexity index is 797. The Morgan fingerprint density at radius 3 is 2.60 bits per heavy atom. The molecule has 2 aromatic carbocycles. The van der Waals surface area contributed by atoms with Gasteiger partial charge in [-0.1, -0.05) is 19.1 Å². The first-order valence-electron chi connectivity index (χ1n) is 7.78. The third-order valence-electron chi connectivity index (χ3n) is 3.36. The molecular formula is C19H17FN2O3. The van der Waals surface area contributed by atoms with Crippen LogP contribution in [0.3, 0.4) is 0 Å². The van der Waals surface area contributed by atoms with E-state index in [0.717, 1.165) is 6.42 Å². The van der Waals surface area contributed by atoms with E-state index in [0.29, 0.717) is 18.0 Å². The highest BCUT2D eigenvalue weighted by Crippen LogP contribution is 2.18. The van der Waals surface area contributed by atoms with Gasteiger partial charge in [0.1, 0.15) is 11.6 Å². The van der Waals surface area contributed by atoms with E-state index in [9.17, 15) is 19.2 Å². The summed E-state index contributed by atoms with van der Waals surface area (Å²) in [7, 11) is 0. The van der Waals surface area contributed by atoms with Crippen LogP contribution in [-0.4, -0.2) is 18.3 Å². The highest BCUT2D eigenvalue weighted by Gasteiger charge is 2.28. The number of benzene rings is 2. The maximum Gasteiger partial charge on any atom is 0.249 e. The molecule has 0 aliphatic rings. The second-order valence-corrected chi connectivity index (χ2v) is 5.30. The summed E-state index contributed by atoms with van der Waals surface area (Å²) in [6.45, 7) is 2.46. The maximum atomic E-state index is 12.9. The van der Waals surface area contributed by atoms with Crippen molar-refractivity contribution >= 4 is 17.4 Å². The van der Waals surface area contributed by atoms with E-state index in [2.05, 4.69) is 5.32 Å². The Balaban J connectivity index is 2.13. The van der Waals surface area contributed by atoms with Gasteiger partial charge in [0.25, 0.3) is 0 Å². The number of nitrogens with zero attached hydrogens (tertiary/aromatic N) is 1. The molecule has 6 heteroatoms. The van der Waals surface area contributed by atoms with Crippen LogP contribution in [0.15, 0.2) is 48.5 Å². The second-order valence-electron chi connectivity index (χ2n) is 5.30. The number of anilines is 1. The first-order valence-corrected chi connectivity index (χ1v) is 7.78. The number of ketones is 1. The Kier molecular flexibility index (Phi) is 6.24. The number of halogens is 1. The average Bonchev–Trinajstić information content (AvgIpc) is 2.62. The molecular weight excluding hydrogens is 323 g/mol. The van der Waals surface area contributed by atoms with E-state index in [1.165, 1.54) is 36.4 Å². The van der Waals surface area contributed by atoms with Crippen molar-refractivity contribution in [2.24, 2.45) is 5.92 Å². The highest BCUT2D eigenvalue weighted by molar-refractivity contribution is 6.15.